The smallest absolute Gasteiger partial charge is 0.305 e. The molecule has 1 aromatic heterocycles. The first-order chi connectivity index (χ1) is 11.5. The summed E-state index contributed by atoms with van der Waals surface area (Å²) < 4.78 is 5.60. The lowest BCUT2D eigenvalue weighted by atomic mass is 10.2. The number of benzene rings is 1. The molecule has 6 nitrogen and oxygen atoms in total. The summed E-state index contributed by atoms with van der Waals surface area (Å²) in [5, 5.41) is 9.91. The molecule has 0 radical (unpaired) electrons. The number of aromatic nitrogens is 1. The van der Waals surface area contributed by atoms with Gasteiger partial charge in [-0.25, -0.2) is 0 Å². The lowest BCUT2D eigenvalue weighted by Gasteiger charge is -2.24. The summed E-state index contributed by atoms with van der Waals surface area (Å²) in [5.41, 5.74) is 2.51. The Labute approximate surface area is 140 Å². The van der Waals surface area contributed by atoms with Gasteiger partial charge in [0, 0.05) is 30.6 Å². The second-order valence-electron chi connectivity index (χ2n) is 6.30. The van der Waals surface area contributed by atoms with Gasteiger partial charge >= 0.3 is 5.97 Å². The second-order valence-corrected chi connectivity index (χ2v) is 6.30. The van der Waals surface area contributed by atoms with Gasteiger partial charge in [-0.2, -0.15) is 0 Å². The number of nitrogens with zero attached hydrogens (tertiary/aromatic N) is 1. The molecule has 1 amide bonds. The van der Waals surface area contributed by atoms with Crippen LogP contribution in [0.3, 0.4) is 0 Å². The van der Waals surface area contributed by atoms with Crippen molar-refractivity contribution in [2.75, 3.05) is 19.7 Å². The molecule has 1 atom stereocenters. The van der Waals surface area contributed by atoms with Gasteiger partial charge in [0.25, 0.3) is 5.91 Å². The van der Waals surface area contributed by atoms with Crippen LogP contribution < -0.4 is 0 Å². The number of carboxylic acid groups (broad SMARTS) is 1. The molecule has 2 heterocycles. The summed E-state index contributed by atoms with van der Waals surface area (Å²) in [6.45, 7) is 3.32. The van der Waals surface area contributed by atoms with Crippen molar-refractivity contribution in [2.45, 2.75) is 32.3 Å². The Bertz CT molecular complexity index is 747. The minimum Gasteiger partial charge on any atom is -0.481 e. The number of aryl methyl sites for hydroxylation is 1. The van der Waals surface area contributed by atoms with Crippen molar-refractivity contribution < 1.29 is 19.4 Å². The van der Waals surface area contributed by atoms with E-state index in [4.69, 9.17) is 9.84 Å². The zero-order valence-corrected chi connectivity index (χ0v) is 13.7. The van der Waals surface area contributed by atoms with E-state index in [-0.39, 0.29) is 25.0 Å². The molecule has 3 rings (SSSR count). The van der Waals surface area contributed by atoms with Crippen molar-refractivity contribution in [3.05, 3.63) is 35.5 Å². The summed E-state index contributed by atoms with van der Waals surface area (Å²) >= 11 is 0. The molecule has 0 spiro atoms. The first kappa shape index (κ1) is 16.5. The number of carboxylic acids is 1. The fourth-order valence-electron chi connectivity index (χ4n) is 3.07. The van der Waals surface area contributed by atoms with Gasteiger partial charge in [-0.05, 0) is 37.5 Å². The first-order valence-corrected chi connectivity index (χ1v) is 8.25. The number of rotatable bonds is 6. The number of H-pyrrole nitrogens is 1. The number of fused-ring (bicyclic) bond motifs is 1. The van der Waals surface area contributed by atoms with Crippen LogP contribution in [0, 0.1) is 6.92 Å². The Hall–Kier alpha value is -2.34. The number of aliphatic carboxylic acids is 1. The van der Waals surface area contributed by atoms with E-state index in [1.807, 2.05) is 31.2 Å². The highest BCUT2D eigenvalue weighted by atomic mass is 16.5. The molecule has 24 heavy (non-hydrogen) atoms. The fourth-order valence-corrected chi connectivity index (χ4v) is 3.07. The number of amides is 1. The quantitative estimate of drug-likeness (QED) is 0.853. The predicted molar refractivity (Wildman–Crippen MR) is 90.2 cm³/mol. The van der Waals surface area contributed by atoms with Crippen LogP contribution >= 0.6 is 0 Å². The van der Waals surface area contributed by atoms with Gasteiger partial charge in [-0.1, -0.05) is 12.1 Å². The van der Waals surface area contributed by atoms with Gasteiger partial charge in [0.05, 0.1) is 12.5 Å². The van der Waals surface area contributed by atoms with E-state index in [2.05, 4.69) is 4.98 Å². The van der Waals surface area contributed by atoms with Crippen LogP contribution in [-0.4, -0.2) is 52.7 Å². The fraction of sp³-hybridized carbons (Fsp3) is 0.444. The number of carbonyl (C=O) groups is 2. The van der Waals surface area contributed by atoms with Gasteiger partial charge in [-0.3, -0.25) is 9.59 Å². The Morgan fingerprint density at radius 3 is 2.92 bits per heavy atom. The average Bonchev–Trinajstić information content (AvgIpc) is 3.19. The van der Waals surface area contributed by atoms with E-state index in [1.165, 1.54) is 0 Å². The van der Waals surface area contributed by atoms with Crippen molar-refractivity contribution in [1.29, 1.82) is 0 Å². The first-order valence-electron chi connectivity index (χ1n) is 8.25. The Kier molecular flexibility index (Phi) is 4.85. The van der Waals surface area contributed by atoms with Crippen LogP contribution in [0.2, 0.25) is 0 Å². The van der Waals surface area contributed by atoms with Crippen molar-refractivity contribution in [1.82, 2.24) is 9.88 Å². The molecule has 2 aromatic rings. The van der Waals surface area contributed by atoms with Crippen LogP contribution in [0.5, 0.6) is 0 Å². The predicted octanol–water partition coefficient (Wildman–Crippen LogP) is 2.57. The molecule has 1 fully saturated rings. The molecule has 1 aliphatic rings. The van der Waals surface area contributed by atoms with Crippen molar-refractivity contribution in [3.8, 4) is 0 Å². The third-order valence-corrected chi connectivity index (χ3v) is 4.34. The number of ether oxygens (including phenoxy) is 1. The van der Waals surface area contributed by atoms with Crippen LogP contribution in [0.15, 0.2) is 24.3 Å². The topological polar surface area (TPSA) is 82.6 Å². The van der Waals surface area contributed by atoms with Gasteiger partial charge in [0.15, 0.2) is 0 Å². The Morgan fingerprint density at radius 2 is 2.21 bits per heavy atom. The summed E-state index contributed by atoms with van der Waals surface area (Å²) in [7, 11) is 0. The number of carbonyl (C=O) groups excluding carboxylic acids is 1. The van der Waals surface area contributed by atoms with Gasteiger partial charge < -0.3 is 19.7 Å². The maximum absolute atomic E-state index is 12.8. The molecule has 2 N–H and O–H groups in total. The molecule has 0 bridgehead atoms. The minimum atomic E-state index is -0.910. The molecule has 1 aromatic carbocycles. The molecule has 128 valence electrons. The van der Waals surface area contributed by atoms with E-state index < -0.39 is 5.97 Å². The number of hydrogen-bond donors (Lipinski definition) is 2. The van der Waals surface area contributed by atoms with Crippen LogP contribution in [0.25, 0.3) is 10.9 Å². The lowest BCUT2D eigenvalue weighted by Crippen LogP contribution is -2.39. The standard InChI is InChI=1S/C18H22N2O4/c1-12-4-5-13-10-16(19-15(13)9-12)18(23)20(7-6-17(21)22)11-14-3-2-8-24-14/h4-5,9-10,14,19H,2-3,6-8,11H2,1H3,(H,21,22)/t14-/m0/s1. The summed E-state index contributed by atoms with van der Waals surface area (Å²) in [5.74, 6) is -1.09. The number of nitrogens with one attached hydrogen (secondary N) is 1. The van der Waals surface area contributed by atoms with Crippen LogP contribution in [0.4, 0.5) is 0 Å². The average molecular weight is 330 g/mol. The molecule has 0 aliphatic carbocycles. The van der Waals surface area contributed by atoms with E-state index in [0.717, 1.165) is 29.3 Å². The molecule has 1 saturated heterocycles. The van der Waals surface area contributed by atoms with Crippen molar-refractivity contribution >= 4 is 22.8 Å². The van der Waals surface area contributed by atoms with Gasteiger partial charge in [-0.15, -0.1) is 0 Å². The maximum atomic E-state index is 12.8. The van der Waals surface area contributed by atoms with E-state index in [9.17, 15) is 9.59 Å². The van der Waals surface area contributed by atoms with Crippen molar-refractivity contribution in [2.24, 2.45) is 0 Å². The monoisotopic (exact) mass is 330 g/mol. The van der Waals surface area contributed by atoms with Gasteiger partial charge in [0.1, 0.15) is 5.69 Å². The van der Waals surface area contributed by atoms with Crippen LogP contribution in [0.1, 0.15) is 35.3 Å². The Morgan fingerprint density at radius 1 is 1.38 bits per heavy atom. The molecule has 6 heteroatoms. The highest BCUT2D eigenvalue weighted by Crippen LogP contribution is 2.20. The van der Waals surface area contributed by atoms with Gasteiger partial charge in [0.2, 0.25) is 0 Å². The molecular weight excluding hydrogens is 308 g/mol. The third kappa shape index (κ3) is 3.76. The highest BCUT2D eigenvalue weighted by molar-refractivity contribution is 5.98. The zero-order valence-electron chi connectivity index (χ0n) is 13.7. The lowest BCUT2D eigenvalue weighted by molar-refractivity contribution is -0.137. The summed E-state index contributed by atoms with van der Waals surface area (Å²) in [6.07, 6.45) is 1.81. The van der Waals surface area contributed by atoms with Crippen molar-refractivity contribution in [3.63, 3.8) is 0 Å². The molecule has 0 saturated carbocycles. The highest BCUT2D eigenvalue weighted by Gasteiger charge is 2.24. The van der Waals surface area contributed by atoms with E-state index in [0.29, 0.717) is 18.8 Å². The van der Waals surface area contributed by atoms with Crippen LogP contribution in [-0.2, 0) is 9.53 Å². The largest absolute Gasteiger partial charge is 0.481 e. The normalized spacial score (nSPS) is 17.3. The number of aromatic amines is 1. The summed E-state index contributed by atoms with van der Waals surface area (Å²) in [6, 6.07) is 7.78. The molecular formula is C18H22N2O4. The third-order valence-electron chi connectivity index (χ3n) is 4.34. The van der Waals surface area contributed by atoms with E-state index >= 15 is 0 Å². The minimum absolute atomic E-state index is 0.00522. The van der Waals surface area contributed by atoms with E-state index in [1.54, 1.807) is 4.90 Å². The second kappa shape index (κ2) is 7.05. The SMILES string of the molecule is Cc1ccc2cc(C(=O)N(CCC(=O)O)C[C@@H]3CCCO3)[nH]c2c1. The zero-order chi connectivity index (χ0) is 17.1. The number of hydrogen-bond acceptors (Lipinski definition) is 3. The molecule has 0 unspecified atom stereocenters. The Balaban J connectivity index is 1.80. The molecule has 1 aliphatic heterocycles. The maximum Gasteiger partial charge on any atom is 0.305 e. The summed E-state index contributed by atoms with van der Waals surface area (Å²) in [4.78, 5) is 28.5.